The second-order valence-electron chi connectivity index (χ2n) is 5.33. The van der Waals surface area contributed by atoms with Crippen LogP contribution in [0.5, 0.6) is 0 Å². The summed E-state index contributed by atoms with van der Waals surface area (Å²) < 4.78 is 1.64. The van der Waals surface area contributed by atoms with Crippen molar-refractivity contribution in [2.45, 2.75) is 32.5 Å². The average molecular weight is 319 g/mol. The van der Waals surface area contributed by atoms with E-state index in [1.54, 1.807) is 34.9 Å². The lowest BCUT2D eigenvalue weighted by Crippen LogP contribution is -2.39. The fraction of sp³-hybridized carbons (Fsp3) is 0.429. The first kappa shape index (κ1) is 14.7. The molecule has 116 valence electrons. The predicted molar refractivity (Wildman–Crippen MR) is 81.1 cm³/mol. The summed E-state index contributed by atoms with van der Waals surface area (Å²) in [7, 11) is 1.76. The molecule has 0 aromatic carbocycles. The van der Waals surface area contributed by atoms with Gasteiger partial charge in [0.2, 0.25) is 11.8 Å². The van der Waals surface area contributed by atoms with Crippen molar-refractivity contribution in [3.05, 3.63) is 33.8 Å². The Bertz CT molecular complexity index is 694. The van der Waals surface area contributed by atoms with Crippen LogP contribution in [0.15, 0.2) is 17.5 Å². The van der Waals surface area contributed by atoms with Crippen LogP contribution >= 0.6 is 11.3 Å². The molecule has 3 heterocycles. The van der Waals surface area contributed by atoms with Crippen molar-refractivity contribution in [3.8, 4) is 0 Å². The number of amides is 2. The summed E-state index contributed by atoms with van der Waals surface area (Å²) in [6, 6.07) is 3.51. The molecular formula is C14H17N5O2S. The monoisotopic (exact) mass is 319 g/mol. The molecule has 1 aliphatic heterocycles. The van der Waals surface area contributed by atoms with Gasteiger partial charge < -0.3 is 10.2 Å². The molecule has 8 heteroatoms. The van der Waals surface area contributed by atoms with E-state index in [4.69, 9.17) is 0 Å². The van der Waals surface area contributed by atoms with E-state index < -0.39 is 0 Å². The van der Waals surface area contributed by atoms with Gasteiger partial charge in [-0.3, -0.25) is 9.59 Å². The number of likely N-dealkylation sites (N-methyl/N-ethyl adjacent to an activating group) is 1. The van der Waals surface area contributed by atoms with Crippen LogP contribution in [-0.4, -0.2) is 38.8 Å². The first-order valence-electron chi connectivity index (χ1n) is 7.03. The summed E-state index contributed by atoms with van der Waals surface area (Å²) in [6.07, 6.45) is 0.371. The first-order valence-corrected chi connectivity index (χ1v) is 7.91. The Hall–Kier alpha value is -2.22. The Kier molecular flexibility index (Phi) is 3.93. The van der Waals surface area contributed by atoms with E-state index in [-0.39, 0.29) is 17.9 Å². The fourth-order valence-corrected chi connectivity index (χ4v) is 3.20. The number of nitrogens with one attached hydrogen (secondary N) is 1. The van der Waals surface area contributed by atoms with Gasteiger partial charge in [-0.15, -0.1) is 16.4 Å². The predicted octanol–water partition coefficient (Wildman–Crippen LogP) is 0.731. The Morgan fingerprint density at radius 2 is 2.36 bits per heavy atom. The van der Waals surface area contributed by atoms with Crippen molar-refractivity contribution in [2.75, 3.05) is 7.05 Å². The minimum atomic E-state index is -0.350. The van der Waals surface area contributed by atoms with E-state index in [9.17, 15) is 9.59 Å². The molecule has 0 radical (unpaired) electrons. The summed E-state index contributed by atoms with van der Waals surface area (Å²) in [5.74, 6) is -0.0248. The lowest BCUT2D eigenvalue weighted by atomic mass is 10.2. The minimum Gasteiger partial charge on any atom is -0.350 e. The maximum Gasteiger partial charge on any atom is 0.247 e. The zero-order chi connectivity index (χ0) is 15.7. The molecule has 1 aliphatic rings. The van der Waals surface area contributed by atoms with Crippen molar-refractivity contribution in [3.63, 3.8) is 0 Å². The van der Waals surface area contributed by atoms with Crippen LogP contribution in [0.4, 0.5) is 0 Å². The molecule has 1 unspecified atom stereocenters. The summed E-state index contributed by atoms with van der Waals surface area (Å²) in [5, 5.41) is 13.0. The second-order valence-corrected chi connectivity index (χ2v) is 6.36. The number of thiophene rings is 1. The number of carbonyl (C=O) groups excluding carboxylic acids is 2. The number of carbonyl (C=O) groups is 2. The van der Waals surface area contributed by atoms with Crippen molar-refractivity contribution in [2.24, 2.45) is 0 Å². The Morgan fingerprint density at radius 3 is 3.09 bits per heavy atom. The van der Waals surface area contributed by atoms with Crippen LogP contribution in [0.1, 0.15) is 29.2 Å². The van der Waals surface area contributed by atoms with Gasteiger partial charge >= 0.3 is 0 Å². The van der Waals surface area contributed by atoms with E-state index in [0.717, 1.165) is 10.6 Å². The van der Waals surface area contributed by atoms with Crippen molar-refractivity contribution < 1.29 is 9.59 Å². The summed E-state index contributed by atoms with van der Waals surface area (Å²) in [5.41, 5.74) is 1.59. The third-order valence-electron chi connectivity index (χ3n) is 3.73. The zero-order valence-electron chi connectivity index (χ0n) is 12.4. The molecule has 2 aromatic heterocycles. The number of fused-ring (bicyclic) bond motifs is 1. The summed E-state index contributed by atoms with van der Waals surface area (Å²) in [4.78, 5) is 26.5. The summed E-state index contributed by atoms with van der Waals surface area (Å²) >= 11 is 1.56. The van der Waals surface area contributed by atoms with Gasteiger partial charge in [-0.2, -0.15) is 0 Å². The molecule has 0 saturated heterocycles. The minimum absolute atomic E-state index is 0.0191. The van der Waals surface area contributed by atoms with Crippen LogP contribution in [0.2, 0.25) is 0 Å². The lowest BCUT2D eigenvalue weighted by molar-refractivity contribution is -0.135. The van der Waals surface area contributed by atoms with E-state index in [0.29, 0.717) is 25.2 Å². The second kappa shape index (κ2) is 5.88. The fourth-order valence-electron chi connectivity index (χ4n) is 2.50. The largest absolute Gasteiger partial charge is 0.350 e. The van der Waals surface area contributed by atoms with Gasteiger partial charge in [-0.1, -0.05) is 11.3 Å². The molecule has 1 atom stereocenters. The molecule has 0 aliphatic carbocycles. The Balaban J connectivity index is 1.66. The van der Waals surface area contributed by atoms with Gasteiger partial charge in [0.05, 0.1) is 25.2 Å². The number of rotatable bonds is 4. The molecule has 2 aromatic rings. The van der Waals surface area contributed by atoms with Crippen molar-refractivity contribution in [1.29, 1.82) is 0 Å². The SMILES string of the molecule is CC1C(=O)N(C)Cc2c(CNC(=O)Cc3cccs3)nnn21. The molecular weight excluding hydrogens is 302 g/mol. The first-order chi connectivity index (χ1) is 10.6. The van der Waals surface area contributed by atoms with Crippen LogP contribution in [-0.2, 0) is 29.1 Å². The molecule has 0 spiro atoms. The molecule has 0 saturated carbocycles. The molecule has 7 nitrogen and oxygen atoms in total. The number of hydrogen-bond donors (Lipinski definition) is 1. The van der Waals surface area contributed by atoms with Gasteiger partial charge in [0, 0.05) is 11.9 Å². The van der Waals surface area contributed by atoms with Crippen LogP contribution in [0, 0.1) is 0 Å². The van der Waals surface area contributed by atoms with Crippen molar-refractivity contribution in [1.82, 2.24) is 25.2 Å². The molecule has 22 heavy (non-hydrogen) atoms. The molecule has 3 rings (SSSR count). The highest BCUT2D eigenvalue weighted by molar-refractivity contribution is 7.10. The van der Waals surface area contributed by atoms with E-state index in [1.165, 1.54) is 0 Å². The van der Waals surface area contributed by atoms with E-state index >= 15 is 0 Å². The summed E-state index contributed by atoms with van der Waals surface area (Å²) in [6.45, 7) is 2.59. The quantitative estimate of drug-likeness (QED) is 0.901. The van der Waals surface area contributed by atoms with Crippen LogP contribution in [0.25, 0.3) is 0 Å². The van der Waals surface area contributed by atoms with Gasteiger partial charge in [-0.05, 0) is 18.4 Å². The normalized spacial score (nSPS) is 17.5. The average Bonchev–Trinajstić information content (AvgIpc) is 3.12. The third kappa shape index (κ3) is 2.74. The maximum absolute atomic E-state index is 11.9. The van der Waals surface area contributed by atoms with Gasteiger partial charge in [0.1, 0.15) is 11.7 Å². The Morgan fingerprint density at radius 1 is 1.55 bits per heavy atom. The third-order valence-corrected chi connectivity index (χ3v) is 4.60. The van der Waals surface area contributed by atoms with Gasteiger partial charge in [0.25, 0.3) is 0 Å². The van der Waals surface area contributed by atoms with E-state index in [2.05, 4.69) is 15.6 Å². The lowest BCUT2D eigenvalue weighted by Gasteiger charge is -2.28. The zero-order valence-corrected chi connectivity index (χ0v) is 13.3. The number of hydrogen-bond acceptors (Lipinski definition) is 5. The van der Waals surface area contributed by atoms with Crippen LogP contribution < -0.4 is 5.32 Å². The number of aromatic nitrogens is 3. The Labute approximate surface area is 131 Å². The topological polar surface area (TPSA) is 80.1 Å². The molecule has 0 fully saturated rings. The van der Waals surface area contributed by atoms with Gasteiger partial charge in [-0.25, -0.2) is 4.68 Å². The molecule has 2 amide bonds. The highest BCUT2D eigenvalue weighted by atomic mass is 32.1. The van der Waals surface area contributed by atoms with Crippen molar-refractivity contribution >= 4 is 23.2 Å². The standard InChI is InChI=1S/C14H17N5O2S/c1-9-14(21)18(2)8-12-11(16-17-19(9)12)7-15-13(20)6-10-4-3-5-22-10/h3-5,9H,6-8H2,1-2H3,(H,15,20). The highest BCUT2D eigenvalue weighted by Gasteiger charge is 2.30. The number of nitrogens with zero attached hydrogens (tertiary/aromatic N) is 4. The smallest absolute Gasteiger partial charge is 0.247 e. The van der Waals surface area contributed by atoms with E-state index in [1.807, 2.05) is 17.5 Å². The highest BCUT2D eigenvalue weighted by Crippen LogP contribution is 2.21. The molecule has 0 bridgehead atoms. The molecule has 1 N–H and O–H groups in total. The maximum atomic E-state index is 11.9. The van der Waals surface area contributed by atoms with Crippen LogP contribution in [0.3, 0.4) is 0 Å². The van der Waals surface area contributed by atoms with Gasteiger partial charge in [0.15, 0.2) is 0 Å².